The number of rotatable bonds is 6. The highest BCUT2D eigenvalue weighted by Gasteiger charge is 2.03. The third-order valence-electron chi connectivity index (χ3n) is 1.49. The van der Waals surface area contributed by atoms with Gasteiger partial charge in [-0.1, -0.05) is 6.92 Å². The highest BCUT2D eigenvalue weighted by Crippen LogP contribution is 1.88. The van der Waals surface area contributed by atoms with Gasteiger partial charge in [0, 0.05) is 12.6 Å². The Morgan fingerprint density at radius 3 is 2.64 bits per heavy atom. The molecule has 0 aromatic rings. The molecule has 0 amide bonds. The highest BCUT2D eigenvalue weighted by molar-refractivity contribution is 5.66. The summed E-state index contributed by atoms with van der Waals surface area (Å²) in [6, 6.07) is 0.0364. The van der Waals surface area contributed by atoms with E-state index in [4.69, 9.17) is 10.2 Å². The number of aliphatic hydroxyl groups excluding tert-OH is 1. The van der Waals surface area contributed by atoms with Crippen LogP contribution < -0.4 is 5.32 Å². The van der Waals surface area contributed by atoms with E-state index in [1.165, 1.54) is 0 Å². The molecule has 11 heavy (non-hydrogen) atoms. The summed E-state index contributed by atoms with van der Waals surface area (Å²) in [5.74, 6) is -0.815. The van der Waals surface area contributed by atoms with E-state index in [2.05, 4.69) is 5.32 Å². The summed E-state index contributed by atoms with van der Waals surface area (Å²) in [6.45, 7) is 2.43. The molecule has 0 bridgehead atoms. The van der Waals surface area contributed by atoms with Crippen molar-refractivity contribution in [3.8, 4) is 0 Å². The van der Waals surface area contributed by atoms with Crippen molar-refractivity contribution in [1.29, 1.82) is 0 Å². The van der Waals surface area contributed by atoms with Gasteiger partial charge in [0.15, 0.2) is 0 Å². The molecule has 0 radical (unpaired) electrons. The summed E-state index contributed by atoms with van der Waals surface area (Å²) in [4.78, 5) is 10.1. The number of hydrogen-bond donors (Lipinski definition) is 3. The number of hydrogen-bond acceptors (Lipinski definition) is 3. The van der Waals surface area contributed by atoms with Crippen LogP contribution in [0.5, 0.6) is 0 Å². The van der Waals surface area contributed by atoms with Gasteiger partial charge in [0.05, 0.1) is 13.0 Å². The van der Waals surface area contributed by atoms with Crippen LogP contribution in [0.2, 0.25) is 0 Å². The number of carboxylic acid groups (broad SMARTS) is 1. The van der Waals surface area contributed by atoms with E-state index in [-0.39, 0.29) is 19.1 Å². The lowest BCUT2D eigenvalue weighted by atomic mass is 10.2. The average Bonchev–Trinajstić information content (AvgIpc) is 1.98. The minimum atomic E-state index is -0.815. The molecule has 0 fully saturated rings. The second-order valence-electron chi connectivity index (χ2n) is 2.39. The Labute approximate surface area is 66.2 Å². The van der Waals surface area contributed by atoms with Gasteiger partial charge in [0.25, 0.3) is 0 Å². The van der Waals surface area contributed by atoms with Gasteiger partial charge in [-0.2, -0.15) is 0 Å². The zero-order valence-corrected chi connectivity index (χ0v) is 6.71. The molecule has 4 nitrogen and oxygen atoms in total. The molecule has 0 aliphatic rings. The average molecular weight is 161 g/mol. The molecule has 0 heterocycles. The van der Waals surface area contributed by atoms with Crippen molar-refractivity contribution in [3.63, 3.8) is 0 Å². The molecular weight excluding hydrogens is 146 g/mol. The van der Waals surface area contributed by atoms with Crippen molar-refractivity contribution >= 4 is 5.97 Å². The van der Waals surface area contributed by atoms with Crippen molar-refractivity contribution in [1.82, 2.24) is 5.32 Å². The summed E-state index contributed by atoms with van der Waals surface area (Å²) in [5, 5.41) is 19.9. The number of nitrogens with one attached hydrogen (secondary N) is 1. The third kappa shape index (κ3) is 5.82. The maximum absolute atomic E-state index is 10.1. The fourth-order valence-corrected chi connectivity index (χ4v) is 0.721. The standard InChI is InChI=1S/C7H15NO3/c1-2-6(5-9)8-4-3-7(10)11/h6,8-9H,2-5H2,1H3,(H,10,11). The molecular formula is C7H15NO3. The predicted molar refractivity (Wildman–Crippen MR) is 41.4 cm³/mol. The second-order valence-corrected chi connectivity index (χ2v) is 2.39. The first-order valence-corrected chi connectivity index (χ1v) is 3.76. The van der Waals surface area contributed by atoms with Crippen LogP contribution in [-0.2, 0) is 4.79 Å². The smallest absolute Gasteiger partial charge is 0.304 e. The van der Waals surface area contributed by atoms with Gasteiger partial charge in [0.2, 0.25) is 0 Å². The maximum atomic E-state index is 10.1. The van der Waals surface area contributed by atoms with Gasteiger partial charge in [0.1, 0.15) is 0 Å². The van der Waals surface area contributed by atoms with Crippen molar-refractivity contribution in [2.75, 3.05) is 13.2 Å². The van der Waals surface area contributed by atoms with E-state index in [0.717, 1.165) is 6.42 Å². The zero-order valence-electron chi connectivity index (χ0n) is 6.71. The molecule has 0 spiro atoms. The van der Waals surface area contributed by atoms with Gasteiger partial charge in [-0.05, 0) is 6.42 Å². The lowest BCUT2D eigenvalue weighted by molar-refractivity contribution is -0.136. The first-order chi connectivity index (χ1) is 5.20. The fourth-order valence-electron chi connectivity index (χ4n) is 0.721. The van der Waals surface area contributed by atoms with E-state index in [0.29, 0.717) is 6.54 Å². The fraction of sp³-hybridized carbons (Fsp3) is 0.857. The Bertz CT molecular complexity index is 112. The van der Waals surface area contributed by atoms with Gasteiger partial charge in [-0.3, -0.25) is 4.79 Å². The Hall–Kier alpha value is -0.610. The van der Waals surface area contributed by atoms with Crippen molar-refractivity contribution in [2.45, 2.75) is 25.8 Å². The molecule has 0 aliphatic heterocycles. The van der Waals surface area contributed by atoms with Gasteiger partial charge in [-0.25, -0.2) is 0 Å². The summed E-state index contributed by atoms with van der Waals surface area (Å²) in [7, 11) is 0. The lowest BCUT2D eigenvalue weighted by Gasteiger charge is -2.12. The molecule has 3 N–H and O–H groups in total. The molecule has 66 valence electrons. The van der Waals surface area contributed by atoms with Crippen LogP contribution in [0.3, 0.4) is 0 Å². The largest absolute Gasteiger partial charge is 0.481 e. The molecule has 0 aromatic carbocycles. The monoisotopic (exact) mass is 161 g/mol. The van der Waals surface area contributed by atoms with E-state index in [1.54, 1.807) is 0 Å². The Morgan fingerprint density at radius 2 is 2.27 bits per heavy atom. The minimum Gasteiger partial charge on any atom is -0.481 e. The minimum absolute atomic E-state index is 0.0364. The predicted octanol–water partition coefficient (Wildman–Crippen LogP) is -0.178. The summed E-state index contributed by atoms with van der Waals surface area (Å²) < 4.78 is 0. The van der Waals surface area contributed by atoms with E-state index in [9.17, 15) is 4.79 Å². The molecule has 0 saturated carbocycles. The van der Waals surface area contributed by atoms with Crippen LogP contribution >= 0.6 is 0 Å². The van der Waals surface area contributed by atoms with E-state index < -0.39 is 5.97 Å². The first-order valence-electron chi connectivity index (χ1n) is 3.76. The van der Waals surface area contributed by atoms with Crippen molar-refractivity contribution in [3.05, 3.63) is 0 Å². The number of carboxylic acids is 1. The summed E-state index contributed by atoms with van der Waals surface area (Å²) in [6.07, 6.45) is 0.923. The van der Waals surface area contributed by atoms with Crippen molar-refractivity contribution in [2.24, 2.45) is 0 Å². The van der Waals surface area contributed by atoms with E-state index in [1.807, 2.05) is 6.92 Å². The van der Waals surface area contributed by atoms with Crippen LogP contribution in [0.1, 0.15) is 19.8 Å². The number of aliphatic hydroxyl groups is 1. The molecule has 1 unspecified atom stereocenters. The first kappa shape index (κ1) is 10.4. The topological polar surface area (TPSA) is 69.6 Å². The van der Waals surface area contributed by atoms with Gasteiger partial charge >= 0.3 is 5.97 Å². The maximum Gasteiger partial charge on any atom is 0.304 e. The van der Waals surface area contributed by atoms with Crippen LogP contribution in [-0.4, -0.2) is 35.4 Å². The van der Waals surface area contributed by atoms with Crippen molar-refractivity contribution < 1.29 is 15.0 Å². The second kappa shape index (κ2) is 6.12. The van der Waals surface area contributed by atoms with Crippen LogP contribution in [0.15, 0.2) is 0 Å². The molecule has 0 rings (SSSR count). The lowest BCUT2D eigenvalue weighted by Crippen LogP contribution is -2.33. The molecule has 4 heteroatoms. The Balaban J connectivity index is 3.28. The van der Waals surface area contributed by atoms with Crippen LogP contribution in [0.25, 0.3) is 0 Å². The SMILES string of the molecule is CCC(CO)NCCC(=O)O. The normalized spacial score (nSPS) is 12.9. The van der Waals surface area contributed by atoms with Crippen LogP contribution in [0, 0.1) is 0 Å². The molecule has 1 atom stereocenters. The van der Waals surface area contributed by atoms with E-state index >= 15 is 0 Å². The molecule has 0 aromatic heterocycles. The summed E-state index contributed by atoms with van der Waals surface area (Å²) in [5.41, 5.74) is 0. The number of aliphatic carboxylic acids is 1. The van der Waals surface area contributed by atoms with Gasteiger partial charge in [-0.15, -0.1) is 0 Å². The summed E-state index contributed by atoms with van der Waals surface area (Å²) >= 11 is 0. The van der Waals surface area contributed by atoms with Crippen LogP contribution in [0.4, 0.5) is 0 Å². The number of carbonyl (C=O) groups is 1. The van der Waals surface area contributed by atoms with Gasteiger partial charge < -0.3 is 15.5 Å². The Morgan fingerprint density at radius 1 is 1.64 bits per heavy atom. The molecule has 0 saturated heterocycles. The molecule has 0 aliphatic carbocycles. The Kier molecular flexibility index (Phi) is 5.78. The zero-order chi connectivity index (χ0) is 8.69. The highest BCUT2D eigenvalue weighted by atomic mass is 16.4. The quantitative estimate of drug-likeness (QED) is 0.505. The third-order valence-corrected chi connectivity index (χ3v) is 1.49.